The Bertz CT molecular complexity index is 372. The molecule has 1 fully saturated rings. The molecule has 104 valence electrons. The molecule has 1 saturated carbocycles. The third-order valence-corrected chi connectivity index (χ3v) is 3.32. The largest absolute Gasteiger partial charge is 0.434 e. The van der Waals surface area contributed by atoms with Crippen LogP contribution in [0.2, 0.25) is 0 Å². The van der Waals surface area contributed by atoms with E-state index in [9.17, 15) is 22.8 Å². The van der Waals surface area contributed by atoms with Crippen LogP contribution in [0.25, 0.3) is 0 Å². The molecule has 0 N–H and O–H groups in total. The summed E-state index contributed by atoms with van der Waals surface area (Å²) in [6.07, 6.45) is -4.87. The van der Waals surface area contributed by atoms with E-state index in [1.165, 1.54) is 14.0 Å². The van der Waals surface area contributed by atoms with Crippen molar-refractivity contribution in [2.24, 2.45) is 0 Å². The second-order valence-corrected chi connectivity index (χ2v) is 5.02. The molecule has 18 heavy (non-hydrogen) atoms. The van der Waals surface area contributed by atoms with Gasteiger partial charge in [0.25, 0.3) is 0 Å². The number of carbonyl (C=O) groups excluding carboxylic acids is 2. The second kappa shape index (κ2) is 4.13. The Balaban J connectivity index is 2.76. The van der Waals surface area contributed by atoms with Crippen LogP contribution in [-0.4, -0.2) is 41.1 Å². The molecule has 0 spiro atoms. The van der Waals surface area contributed by atoms with Crippen molar-refractivity contribution < 1.29 is 27.5 Å². The number of hydrogen-bond donors (Lipinski definition) is 0. The SMILES string of the molecule is CC(=O)C1(N(C)C(=O)OC(C)(C)C(F)(F)F)CC1. The fourth-order valence-electron chi connectivity index (χ4n) is 1.56. The van der Waals surface area contributed by atoms with Gasteiger partial charge in [-0.25, -0.2) is 4.79 Å². The van der Waals surface area contributed by atoms with Crippen molar-refractivity contribution in [2.45, 2.75) is 50.9 Å². The Morgan fingerprint density at radius 1 is 1.22 bits per heavy atom. The maximum atomic E-state index is 12.6. The Morgan fingerprint density at radius 2 is 1.67 bits per heavy atom. The van der Waals surface area contributed by atoms with Gasteiger partial charge in [0.15, 0.2) is 5.78 Å². The molecule has 0 unspecified atom stereocenters. The summed E-state index contributed by atoms with van der Waals surface area (Å²) in [5.41, 5.74) is -3.55. The summed E-state index contributed by atoms with van der Waals surface area (Å²) in [6.45, 7) is 2.85. The Hall–Kier alpha value is -1.27. The fourth-order valence-corrected chi connectivity index (χ4v) is 1.56. The van der Waals surface area contributed by atoms with Crippen LogP contribution in [0.3, 0.4) is 0 Å². The zero-order valence-electron chi connectivity index (χ0n) is 10.7. The summed E-state index contributed by atoms with van der Waals surface area (Å²) >= 11 is 0. The first-order valence-corrected chi connectivity index (χ1v) is 5.48. The van der Waals surface area contributed by atoms with Crippen molar-refractivity contribution in [1.82, 2.24) is 4.90 Å². The van der Waals surface area contributed by atoms with E-state index in [1.807, 2.05) is 0 Å². The molecule has 4 nitrogen and oxygen atoms in total. The minimum atomic E-state index is -4.66. The number of hydrogen-bond acceptors (Lipinski definition) is 3. The van der Waals surface area contributed by atoms with Gasteiger partial charge in [-0.1, -0.05) is 0 Å². The smallest absolute Gasteiger partial charge is 0.427 e. The van der Waals surface area contributed by atoms with E-state index in [0.29, 0.717) is 12.8 Å². The highest BCUT2D eigenvalue weighted by atomic mass is 19.4. The van der Waals surface area contributed by atoms with Crippen LogP contribution in [0, 0.1) is 0 Å². The molecule has 0 heterocycles. The average molecular weight is 267 g/mol. The number of carbonyl (C=O) groups is 2. The molecular weight excluding hydrogens is 251 g/mol. The van der Waals surface area contributed by atoms with Gasteiger partial charge in [0.1, 0.15) is 5.54 Å². The molecule has 0 aromatic heterocycles. The third kappa shape index (κ3) is 2.44. The number of Topliss-reactive ketones (excluding diaryl/α,β-unsaturated/α-hetero) is 1. The zero-order chi connectivity index (χ0) is 14.4. The van der Waals surface area contributed by atoms with E-state index >= 15 is 0 Å². The lowest BCUT2D eigenvalue weighted by atomic mass is 10.1. The molecule has 1 aliphatic carbocycles. The van der Waals surface area contributed by atoms with Crippen LogP contribution in [0.4, 0.5) is 18.0 Å². The first kappa shape index (κ1) is 14.8. The normalized spacial score (nSPS) is 18.2. The van der Waals surface area contributed by atoms with Gasteiger partial charge in [-0.2, -0.15) is 13.2 Å². The molecule has 1 aliphatic rings. The molecule has 1 amide bonds. The maximum Gasteiger partial charge on any atom is 0.427 e. The first-order chi connectivity index (χ1) is 7.94. The molecule has 1 rings (SSSR count). The van der Waals surface area contributed by atoms with Gasteiger partial charge in [-0.05, 0) is 33.6 Å². The topological polar surface area (TPSA) is 46.6 Å². The first-order valence-electron chi connectivity index (χ1n) is 5.48. The van der Waals surface area contributed by atoms with Crippen molar-refractivity contribution in [3.05, 3.63) is 0 Å². The number of halogens is 3. The summed E-state index contributed by atoms with van der Waals surface area (Å²) in [7, 11) is 1.28. The van der Waals surface area contributed by atoms with Gasteiger partial charge in [0.2, 0.25) is 5.60 Å². The van der Waals surface area contributed by atoms with Gasteiger partial charge in [0.05, 0.1) is 0 Å². The van der Waals surface area contributed by atoms with Gasteiger partial charge in [-0.3, -0.25) is 9.69 Å². The summed E-state index contributed by atoms with van der Waals surface area (Å²) in [5, 5.41) is 0. The quantitative estimate of drug-likeness (QED) is 0.789. The monoisotopic (exact) mass is 267 g/mol. The lowest BCUT2D eigenvalue weighted by molar-refractivity contribution is -0.246. The molecule has 0 aromatic carbocycles. The van der Waals surface area contributed by atoms with Crippen molar-refractivity contribution >= 4 is 11.9 Å². The summed E-state index contributed by atoms with van der Waals surface area (Å²) in [5.74, 6) is -0.244. The van der Waals surface area contributed by atoms with Crippen molar-refractivity contribution in [3.63, 3.8) is 0 Å². The molecule has 7 heteroatoms. The highest BCUT2D eigenvalue weighted by Crippen LogP contribution is 2.43. The highest BCUT2D eigenvalue weighted by molar-refractivity contribution is 5.92. The van der Waals surface area contributed by atoms with Gasteiger partial charge in [-0.15, -0.1) is 0 Å². The number of ether oxygens (including phenoxy) is 1. The number of alkyl halides is 3. The molecular formula is C11H16F3NO3. The third-order valence-electron chi connectivity index (χ3n) is 3.32. The number of likely N-dealkylation sites (N-methyl/N-ethyl adjacent to an activating group) is 1. The van der Waals surface area contributed by atoms with Gasteiger partial charge >= 0.3 is 12.3 Å². The molecule has 0 aliphatic heterocycles. The van der Waals surface area contributed by atoms with Gasteiger partial charge < -0.3 is 4.74 Å². The number of rotatable bonds is 3. The number of nitrogens with zero attached hydrogens (tertiary/aromatic N) is 1. The van der Waals surface area contributed by atoms with E-state index in [1.54, 1.807) is 0 Å². The molecule has 0 atom stereocenters. The summed E-state index contributed by atoms with van der Waals surface area (Å²) in [4.78, 5) is 24.0. The molecule has 0 radical (unpaired) electrons. The van der Waals surface area contributed by atoms with Crippen LogP contribution in [-0.2, 0) is 9.53 Å². The van der Waals surface area contributed by atoms with Crippen LogP contribution >= 0.6 is 0 Å². The molecule has 0 bridgehead atoms. The van der Waals surface area contributed by atoms with Crippen LogP contribution in [0.5, 0.6) is 0 Å². The van der Waals surface area contributed by atoms with Crippen molar-refractivity contribution in [3.8, 4) is 0 Å². The van der Waals surface area contributed by atoms with Crippen molar-refractivity contribution in [1.29, 1.82) is 0 Å². The highest BCUT2D eigenvalue weighted by Gasteiger charge is 2.56. The molecule has 0 saturated heterocycles. The van der Waals surface area contributed by atoms with Crippen molar-refractivity contribution in [2.75, 3.05) is 7.05 Å². The predicted molar refractivity (Wildman–Crippen MR) is 57.0 cm³/mol. The van der Waals surface area contributed by atoms with Crippen LogP contribution in [0.1, 0.15) is 33.6 Å². The van der Waals surface area contributed by atoms with E-state index in [0.717, 1.165) is 18.7 Å². The number of amides is 1. The standard InChI is InChI=1S/C11H16F3NO3/c1-7(16)10(5-6-10)15(4)8(17)18-9(2,3)11(12,13)14/h5-6H2,1-4H3. The lowest BCUT2D eigenvalue weighted by Crippen LogP contribution is -2.50. The summed E-state index contributed by atoms with van der Waals surface area (Å²) in [6, 6.07) is 0. The predicted octanol–water partition coefficient (Wildman–Crippen LogP) is 2.52. The maximum absolute atomic E-state index is 12.6. The Labute approximate surface area is 103 Å². The zero-order valence-corrected chi connectivity index (χ0v) is 10.7. The second-order valence-electron chi connectivity index (χ2n) is 5.02. The van der Waals surface area contributed by atoms with E-state index in [-0.39, 0.29) is 5.78 Å². The fraction of sp³-hybridized carbons (Fsp3) is 0.818. The molecule has 0 aromatic rings. The van der Waals surface area contributed by atoms with E-state index in [4.69, 9.17) is 0 Å². The van der Waals surface area contributed by atoms with E-state index in [2.05, 4.69) is 4.74 Å². The number of ketones is 1. The lowest BCUT2D eigenvalue weighted by Gasteiger charge is -2.32. The van der Waals surface area contributed by atoms with Crippen LogP contribution < -0.4 is 0 Å². The Morgan fingerprint density at radius 3 is 1.94 bits per heavy atom. The average Bonchev–Trinajstić information content (AvgIpc) is 2.94. The minimum absolute atomic E-state index is 0.244. The Kier molecular flexibility index (Phi) is 3.40. The minimum Gasteiger partial charge on any atom is -0.434 e. The van der Waals surface area contributed by atoms with E-state index < -0.39 is 23.4 Å². The summed E-state index contributed by atoms with van der Waals surface area (Å²) < 4.78 is 42.1. The van der Waals surface area contributed by atoms with Crippen LogP contribution in [0.15, 0.2) is 0 Å². The van der Waals surface area contributed by atoms with Gasteiger partial charge in [0, 0.05) is 7.05 Å².